The van der Waals surface area contributed by atoms with Crippen LogP contribution in [0.15, 0.2) is 18.3 Å². The fourth-order valence-corrected chi connectivity index (χ4v) is 4.13. The highest BCUT2D eigenvalue weighted by molar-refractivity contribution is 7.99. The summed E-state index contributed by atoms with van der Waals surface area (Å²) in [4.78, 5) is 14.9. The number of hydrogen-bond donors (Lipinski definition) is 1. The number of nitrogens with two attached hydrogens (primary N) is 1. The molecule has 1 saturated heterocycles. The van der Waals surface area contributed by atoms with E-state index < -0.39 is 11.7 Å². The lowest BCUT2D eigenvalue weighted by Gasteiger charge is -2.29. The molecular formula is C18H20F3N5OS. The first kappa shape index (κ1) is 19.3. The molecule has 1 aliphatic carbocycles. The molecular weight excluding hydrogens is 391 g/mol. The third-order valence-corrected chi connectivity index (χ3v) is 6.48. The van der Waals surface area contributed by atoms with Crippen LogP contribution in [0.3, 0.4) is 0 Å². The normalized spacial score (nSPS) is 18.9. The summed E-state index contributed by atoms with van der Waals surface area (Å²) in [5.41, 5.74) is 5.23. The van der Waals surface area contributed by atoms with E-state index >= 15 is 0 Å². The summed E-state index contributed by atoms with van der Waals surface area (Å²) in [6.07, 6.45) is 0.411. The van der Waals surface area contributed by atoms with Gasteiger partial charge in [-0.25, -0.2) is 15.0 Å². The van der Waals surface area contributed by atoms with Gasteiger partial charge in [-0.2, -0.15) is 24.9 Å². The molecule has 0 aromatic carbocycles. The zero-order valence-electron chi connectivity index (χ0n) is 15.3. The van der Waals surface area contributed by atoms with Gasteiger partial charge in [-0.15, -0.1) is 0 Å². The molecule has 150 valence electrons. The second-order valence-electron chi connectivity index (χ2n) is 6.89. The van der Waals surface area contributed by atoms with Gasteiger partial charge in [0.15, 0.2) is 5.82 Å². The van der Waals surface area contributed by atoms with Crippen molar-refractivity contribution in [2.24, 2.45) is 0 Å². The van der Waals surface area contributed by atoms with Crippen LogP contribution in [0.1, 0.15) is 24.1 Å². The van der Waals surface area contributed by atoms with Gasteiger partial charge >= 0.3 is 6.18 Å². The van der Waals surface area contributed by atoms with Crippen molar-refractivity contribution in [1.29, 1.82) is 0 Å². The molecule has 0 amide bonds. The monoisotopic (exact) mass is 411 g/mol. The molecule has 0 unspecified atom stereocenters. The predicted molar refractivity (Wildman–Crippen MR) is 102 cm³/mol. The summed E-state index contributed by atoms with van der Waals surface area (Å²) in [5.74, 6) is 0.455. The highest BCUT2D eigenvalue weighted by Gasteiger charge is 2.46. The van der Waals surface area contributed by atoms with Crippen LogP contribution in [-0.2, 0) is 15.7 Å². The largest absolute Gasteiger partial charge is 0.417 e. The zero-order chi connectivity index (χ0) is 19.9. The molecule has 2 aliphatic rings. The topological polar surface area (TPSA) is 77.2 Å². The van der Waals surface area contributed by atoms with Crippen LogP contribution in [-0.4, -0.2) is 47.5 Å². The van der Waals surface area contributed by atoms with E-state index in [-0.39, 0.29) is 22.0 Å². The van der Waals surface area contributed by atoms with Crippen molar-refractivity contribution < 1.29 is 17.9 Å². The third-order valence-electron chi connectivity index (χ3n) is 5.08. The summed E-state index contributed by atoms with van der Waals surface area (Å²) in [5, 5.41) is 0. The molecule has 2 N–H and O–H groups in total. The number of morpholine rings is 1. The van der Waals surface area contributed by atoms with E-state index in [1.54, 1.807) is 11.8 Å². The van der Waals surface area contributed by atoms with E-state index in [1.807, 2.05) is 17.2 Å². The van der Waals surface area contributed by atoms with E-state index in [2.05, 4.69) is 15.0 Å². The van der Waals surface area contributed by atoms with Gasteiger partial charge in [-0.3, -0.25) is 0 Å². The van der Waals surface area contributed by atoms with Crippen LogP contribution in [0.25, 0.3) is 11.4 Å². The number of aromatic nitrogens is 3. The summed E-state index contributed by atoms with van der Waals surface area (Å²) in [6.45, 7) is 2.38. The molecule has 10 heteroatoms. The minimum atomic E-state index is -4.58. The molecule has 4 rings (SSSR count). The molecule has 3 heterocycles. The Balaban J connectivity index is 1.86. The highest BCUT2D eigenvalue weighted by atomic mass is 32.2. The van der Waals surface area contributed by atoms with Gasteiger partial charge in [0.2, 0.25) is 0 Å². The number of hydrogen-bond acceptors (Lipinski definition) is 7. The van der Waals surface area contributed by atoms with Crippen LogP contribution >= 0.6 is 11.8 Å². The van der Waals surface area contributed by atoms with E-state index in [0.29, 0.717) is 32.1 Å². The zero-order valence-corrected chi connectivity index (χ0v) is 16.1. The average molecular weight is 411 g/mol. The Labute approximate surface area is 164 Å². The predicted octanol–water partition coefficient (Wildman–Crippen LogP) is 3.33. The lowest BCUT2D eigenvalue weighted by molar-refractivity contribution is -0.137. The quantitative estimate of drug-likeness (QED) is 0.827. The second kappa shape index (κ2) is 7.07. The third kappa shape index (κ3) is 3.62. The number of anilines is 2. The minimum absolute atomic E-state index is 0.0270. The van der Waals surface area contributed by atoms with Gasteiger partial charge < -0.3 is 15.4 Å². The Bertz CT molecular complexity index is 882. The molecule has 28 heavy (non-hydrogen) atoms. The highest BCUT2D eigenvalue weighted by Crippen LogP contribution is 2.56. The molecule has 1 saturated carbocycles. The maximum Gasteiger partial charge on any atom is 0.417 e. The Hall–Kier alpha value is -2.07. The number of nitrogen functional groups attached to an aromatic ring is 1. The number of alkyl halides is 3. The first-order valence-corrected chi connectivity index (χ1v) is 10.2. The number of thioether (sulfide) groups is 1. The van der Waals surface area contributed by atoms with Gasteiger partial charge in [0.05, 0.1) is 29.2 Å². The van der Waals surface area contributed by atoms with E-state index in [1.165, 1.54) is 0 Å². The van der Waals surface area contributed by atoms with Crippen molar-refractivity contribution in [2.45, 2.75) is 23.8 Å². The van der Waals surface area contributed by atoms with E-state index in [0.717, 1.165) is 30.8 Å². The summed E-state index contributed by atoms with van der Waals surface area (Å²) >= 11 is 1.67. The SMILES string of the molecule is CSC1(c2cc(N3CCOCC3)nc(-c3cnc(N)cc3C(F)(F)F)n2)CC1. The maximum absolute atomic E-state index is 13.6. The molecule has 6 nitrogen and oxygen atoms in total. The molecule has 0 bridgehead atoms. The Kier molecular flexibility index (Phi) is 4.86. The smallest absolute Gasteiger partial charge is 0.384 e. The number of rotatable bonds is 4. The number of ether oxygens (including phenoxy) is 1. The van der Waals surface area contributed by atoms with Crippen LogP contribution in [0, 0.1) is 0 Å². The van der Waals surface area contributed by atoms with Crippen LogP contribution in [0.4, 0.5) is 24.8 Å². The van der Waals surface area contributed by atoms with Crippen molar-refractivity contribution in [1.82, 2.24) is 15.0 Å². The summed E-state index contributed by atoms with van der Waals surface area (Å²) < 4.78 is 46.1. The standard InChI is InChI=1S/C18H20F3N5OS/c1-28-17(2-3-17)13-9-15(26-4-6-27-7-5-26)25-16(24-13)11-10-23-14(22)8-12(11)18(19,20)21/h8-10H,2-7H2,1H3,(H2,22,23). The Morgan fingerprint density at radius 2 is 1.89 bits per heavy atom. The first-order chi connectivity index (χ1) is 13.3. The second-order valence-corrected chi connectivity index (χ2v) is 8.08. The summed E-state index contributed by atoms with van der Waals surface area (Å²) in [6, 6.07) is 2.73. The Morgan fingerprint density at radius 3 is 2.50 bits per heavy atom. The molecule has 0 spiro atoms. The fourth-order valence-electron chi connectivity index (χ4n) is 3.31. The van der Waals surface area contributed by atoms with E-state index in [4.69, 9.17) is 10.5 Å². The van der Waals surface area contributed by atoms with Crippen molar-refractivity contribution >= 4 is 23.4 Å². The van der Waals surface area contributed by atoms with Gasteiger partial charge in [0.1, 0.15) is 11.6 Å². The van der Waals surface area contributed by atoms with Crippen LogP contribution in [0.5, 0.6) is 0 Å². The van der Waals surface area contributed by atoms with Gasteiger partial charge in [-0.1, -0.05) is 0 Å². The minimum Gasteiger partial charge on any atom is -0.384 e. The average Bonchev–Trinajstić information content (AvgIpc) is 3.49. The van der Waals surface area contributed by atoms with Crippen molar-refractivity contribution in [3.05, 3.63) is 29.6 Å². The van der Waals surface area contributed by atoms with Crippen molar-refractivity contribution in [3.63, 3.8) is 0 Å². The first-order valence-electron chi connectivity index (χ1n) is 8.93. The molecule has 0 radical (unpaired) electrons. The number of pyridine rings is 1. The van der Waals surface area contributed by atoms with Gasteiger partial charge in [-0.05, 0) is 25.2 Å². The number of halogens is 3. The van der Waals surface area contributed by atoms with Crippen molar-refractivity contribution in [3.8, 4) is 11.4 Å². The molecule has 2 aromatic rings. The number of nitrogens with zero attached hydrogens (tertiary/aromatic N) is 4. The van der Waals surface area contributed by atoms with Crippen LogP contribution < -0.4 is 10.6 Å². The summed E-state index contributed by atoms with van der Waals surface area (Å²) in [7, 11) is 0. The maximum atomic E-state index is 13.6. The van der Waals surface area contributed by atoms with Gasteiger partial charge in [0.25, 0.3) is 0 Å². The molecule has 0 atom stereocenters. The van der Waals surface area contributed by atoms with E-state index in [9.17, 15) is 13.2 Å². The Morgan fingerprint density at radius 1 is 1.18 bits per heavy atom. The fraction of sp³-hybridized carbons (Fsp3) is 0.500. The molecule has 1 aliphatic heterocycles. The van der Waals surface area contributed by atoms with Crippen molar-refractivity contribution in [2.75, 3.05) is 43.2 Å². The van der Waals surface area contributed by atoms with Crippen LogP contribution in [0.2, 0.25) is 0 Å². The molecule has 2 fully saturated rings. The molecule has 2 aromatic heterocycles. The van der Waals surface area contributed by atoms with Gasteiger partial charge in [0, 0.05) is 30.9 Å². The lowest BCUT2D eigenvalue weighted by Crippen LogP contribution is -2.37. The lowest BCUT2D eigenvalue weighted by atomic mass is 10.1.